The van der Waals surface area contributed by atoms with Gasteiger partial charge in [0.1, 0.15) is 5.60 Å². The third kappa shape index (κ3) is 5.27. The third-order valence-electron chi connectivity index (χ3n) is 10.7. The Morgan fingerprint density at radius 3 is 2.36 bits per heavy atom. The van der Waals surface area contributed by atoms with Gasteiger partial charge < -0.3 is 15.7 Å². The van der Waals surface area contributed by atoms with E-state index in [4.69, 9.17) is 11.6 Å². The summed E-state index contributed by atoms with van der Waals surface area (Å²) in [5.41, 5.74) is 0.0397. The van der Waals surface area contributed by atoms with Crippen molar-refractivity contribution in [1.29, 1.82) is 0 Å². The molecule has 5 nitrogen and oxygen atoms in total. The monoisotopic (exact) mass is 648 g/mol. The van der Waals surface area contributed by atoms with Gasteiger partial charge in [0.15, 0.2) is 5.78 Å². The maximum Gasteiger partial charge on any atom is 0.456 e. The van der Waals surface area contributed by atoms with Crippen molar-refractivity contribution in [2.45, 2.75) is 82.0 Å². The number of amides is 2. The fraction of sp³-hybridized carbons (Fsp3) is 0.471. The molecule has 4 aliphatic carbocycles. The number of carbonyl (C=O) groups is 2. The van der Waals surface area contributed by atoms with Crippen LogP contribution in [0, 0.1) is 17.3 Å². The molecule has 5 atom stereocenters. The lowest BCUT2D eigenvalue weighted by Gasteiger charge is -2.56. The number of nitrogens with one attached hydrogen (secondary N) is 2. The smallest absolute Gasteiger partial charge is 0.383 e. The van der Waals surface area contributed by atoms with Crippen LogP contribution in [0.1, 0.15) is 68.9 Å². The molecule has 2 aromatic carbocycles. The summed E-state index contributed by atoms with van der Waals surface area (Å²) >= 11 is 5.88. The van der Waals surface area contributed by atoms with Gasteiger partial charge in [-0.2, -0.15) is 22.0 Å². The molecular formula is C34H34ClF5N2O3. The number of ketones is 1. The predicted molar refractivity (Wildman–Crippen MR) is 160 cm³/mol. The van der Waals surface area contributed by atoms with Crippen LogP contribution in [0.3, 0.4) is 0 Å². The van der Waals surface area contributed by atoms with E-state index >= 15 is 8.78 Å². The molecule has 2 saturated carbocycles. The maximum absolute atomic E-state index is 15.2. The van der Waals surface area contributed by atoms with Gasteiger partial charge in [-0.1, -0.05) is 48.4 Å². The highest BCUT2D eigenvalue weighted by molar-refractivity contribution is 6.30. The van der Waals surface area contributed by atoms with Gasteiger partial charge in [0.25, 0.3) is 0 Å². The highest BCUT2D eigenvalue weighted by Gasteiger charge is 2.79. The number of fused-ring (bicyclic) bond motifs is 4. The molecule has 0 radical (unpaired) electrons. The second kappa shape index (κ2) is 11.2. The first-order valence-electron chi connectivity index (χ1n) is 15.2. The summed E-state index contributed by atoms with van der Waals surface area (Å²) in [5, 5.41) is 17.4. The zero-order valence-electron chi connectivity index (χ0n) is 24.6. The summed E-state index contributed by atoms with van der Waals surface area (Å²) in [6.07, 6.45) is -3.01. The lowest BCUT2D eigenvalue weighted by molar-refractivity contribution is -0.362. The second-order valence-corrected chi connectivity index (χ2v) is 13.5. The summed E-state index contributed by atoms with van der Waals surface area (Å²) in [5.74, 6) is -6.62. The number of halogens is 6. The molecule has 0 saturated heterocycles. The molecule has 0 aromatic heterocycles. The molecular weight excluding hydrogens is 615 g/mol. The first kappa shape index (κ1) is 31.7. The van der Waals surface area contributed by atoms with E-state index in [1.807, 2.05) is 12.1 Å². The summed E-state index contributed by atoms with van der Waals surface area (Å²) in [6, 6.07) is 13.4. The Bertz CT molecular complexity index is 1570. The normalized spacial score (nSPS) is 29.8. The van der Waals surface area contributed by atoms with Crippen LogP contribution < -0.4 is 10.6 Å². The van der Waals surface area contributed by atoms with Gasteiger partial charge >= 0.3 is 18.1 Å². The van der Waals surface area contributed by atoms with Crippen LogP contribution in [0.15, 0.2) is 71.3 Å². The summed E-state index contributed by atoms with van der Waals surface area (Å²) in [4.78, 5) is 24.7. The Hall–Kier alpha value is -3.24. The van der Waals surface area contributed by atoms with Gasteiger partial charge in [-0.25, -0.2) is 4.79 Å². The van der Waals surface area contributed by atoms with Crippen LogP contribution in [0.2, 0.25) is 5.02 Å². The maximum atomic E-state index is 15.2. The molecule has 2 aromatic rings. The van der Waals surface area contributed by atoms with Crippen molar-refractivity contribution >= 4 is 29.1 Å². The Labute approximate surface area is 262 Å². The van der Waals surface area contributed by atoms with Gasteiger partial charge in [-0.05, 0) is 103 Å². The molecule has 2 unspecified atom stereocenters. The van der Waals surface area contributed by atoms with Gasteiger partial charge in [-0.15, -0.1) is 0 Å². The van der Waals surface area contributed by atoms with Crippen molar-refractivity contribution in [2.75, 3.05) is 5.32 Å². The average molecular weight is 649 g/mol. The van der Waals surface area contributed by atoms with Crippen molar-refractivity contribution in [3.8, 4) is 0 Å². The summed E-state index contributed by atoms with van der Waals surface area (Å²) in [7, 11) is 0. The summed E-state index contributed by atoms with van der Waals surface area (Å²) in [6.45, 7) is 1.60. The minimum atomic E-state index is -5.89. The van der Waals surface area contributed by atoms with Crippen LogP contribution in [-0.2, 0) is 11.3 Å². The number of hydrogen-bond donors (Lipinski definition) is 3. The fourth-order valence-electron chi connectivity index (χ4n) is 8.47. The Kier molecular flexibility index (Phi) is 7.92. The average Bonchev–Trinajstić information content (AvgIpc) is 3.27. The quantitative estimate of drug-likeness (QED) is 0.285. The molecule has 3 N–H and O–H groups in total. The molecule has 45 heavy (non-hydrogen) atoms. The number of benzene rings is 2. The number of allylic oxidation sites excluding steroid dienone is 4. The van der Waals surface area contributed by atoms with Crippen molar-refractivity contribution in [3.63, 3.8) is 0 Å². The van der Waals surface area contributed by atoms with E-state index < -0.39 is 47.4 Å². The number of aliphatic hydroxyl groups is 1. The van der Waals surface area contributed by atoms with Gasteiger partial charge in [0.05, 0.1) is 0 Å². The molecule has 11 heteroatoms. The van der Waals surface area contributed by atoms with Crippen LogP contribution >= 0.6 is 11.6 Å². The summed E-state index contributed by atoms with van der Waals surface area (Å²) < 4.78 is 71.7. The minimum absolute atomic E-state index is 0.0296. The van der Waals surface area contributed by atoms with Crippen molar-refractivity contribution < 1.29 is 36.6 Å². The van der Waals surface area contributed by atoms with E-state index in [0.29, 0.717) is 36.4 Å². The number of carbonyl (C=O) groups excluding carboxylic acids is 2. The van der Waals surface area contributed by atoms with E-state index in [-0.39, 0.29) is 31.1 Å². The largest absolute Gasteiger partial charge is 0.456 e. The lowest BCUT2D eigenvalue weighted by atomic mass is 9.50. The SMILES string of the molecule is C[C@]12C[C@H](c3ccc(CNC(=O)Nc4ccc(Cl)cc4)cc3)C3=C4CCC(=O)C=C4CCC3C1CC[C@@]2(O)C(F)(F)C(F)(F)F. The van der Waals surface area contributed by atoms with E-state index in [9.17, 15) is 27.9 Å². The van der Waals surface area contributed by atoms with E-state index in [2.05, 4.69) is 10.6 Å². The van der Waals surface area contributed by atoms with Crippen molar-refractivity contribution in [1.82, 2.24) is 5.32 Å². The molecule has 2 amide bonds. The Morgan fingerprint density at radius 2 is 1.69 bits per heavy atom. The Balaban J connectivity index is 1.31. The van der Waals surface area contributed by atoms with Crippen LogP contribution in [0.4, 0.5) is 32.4 Å². The first-order valence-corrected chi connectivity index (χ1v) is 15.6. The van der Waals surface area contributed by atoms with Gasteiger partial charge in [-0.3, -0.25) is 4.79 Å². The number of alkyl halides is 5. The molecule has 6 rings (SSSR count). The zero-order valence-corrected chi connectivity index (χ0v) is 25.4. The topological polar surface area (TPSA) is 78.4 Å². The van der Waals surface area contributed by atoms with E-state index in [0.717, 1.165) is 27.8 Å². The molecule has 240 valence electrons. The minimum Gasteiger partial charge on any atom is -0.383 e. The van der Waals surface area contributed by atoms with Crippen LogP contribution in [0.25, 0.3) is 0 Å². The number of hydrogen-bond acceptors (Lipinski definition) is 3. The lowest BCUT2D eigenvalue weighted by Crippen LogP contribution is -2.65. The van der Waals surface area contributed by atoms with Gasteiger partial charge in [0.2, 0.25) is 0 Å². The van der Waals surface area contributed by atoms with E-state index in [1.54, 1.807) is 42.5 Å². The van der Waals surface area contributed by atoms with E-state index in [1.165, 1.54) is 6.92 Å². The Morgan fingerprint density at radius 1 is 1.00 bits per heavy atom. The molecule has 0 spiro atoms. The third-order valence-corrected chi connectivity index (χ3v) is 11.0. The predicted octanol–water partition coefficient (Wildman–Crippen LogP) is 8.49. The number of rotatable bonds is 5. The molecule has 0 bridgehead atoms. The van der Waals surface area contributed by atoms with Crippen LogP contribution in [-0.4, -0.2) is 34.6 Å². The second-order valence-electron chi connectivity index (χ2n) is 13.0. The number of urea groups is 1. The van der Waals surface area contributed by atoms with Crippen LogP contribution in [0.5, 0.6) is 0 Å². The standard InChI is InChI=1S/C34H34ClF5N2O3/c1-31-17-27(20-4-2-19(3-5-20)18-41-30(44)42-23-9-7-22(35)8-10-23)29-25-13-11-24(43)16-21(25)6-12-26(29)28(31)14-15-32(31,45)33(36,37)34(38,39)40/h2-5,7-10,16,26-28,45H,6,11-15,17-18H2,1H3,(H2,41,42,44)/t26?,27-,28?,31+,32+/m1/s1. The highest BCUT2D eigenvalue weighted by atomic mass is 35.5. The highest BCUT2D eigenvalue weighted by Crippen LogP contribution is 2.70. The zero-order chi connectivity index (χ0) is 32.4. The molecule has 2 fully saturated rings. The van der Waals surface area contributed by atoms with Gasteiger partial charge in [0, 0.05) is 35.0 Å². The molecule has 4 aliphatic rings. The van der Waals surface area contributed by atoms with Crippen molar-refractivity contribution in [3.05, 3.63) is 87.5 Å². The molecule has 0 heterocycles. The first-order chi connectivity index (χ1) is 21.1. The van der Waals surface area contributed by atoms with Crippen molar-refractivity contribution in [2.24, 2.45) is 17.3 Å². The molecule has 0 aliphatic heterocycles. The number of anilines is 1. The fourth-order valence-corrected chi connectivity index (χ4v) is 8.60.